The monoisotopic (exact) mass is 256 g/mol. The molecule has 6 nitrogen and oxygen atoms in total. The summed E-state index contributed by atoms with van der Waals surface area (Å²) in [5.74, 6) is 0.101. The van der Waals surface area contributed by atoms with Crippen molar-refractivity contribution in [2.75, 3.05) is 11.4 Å². The number of halogens is 1. The average Bonchev–Trinajstić information content (AvgIpc) is 2.81. The topological polar surface area (TPSA) is 85.3 Å². The molecule has 1 aromatic rings. The molecular weight excluding hydrogens is 239 g/mol. The number of hydrogen-bond donors (Lipinski definition) is 1. The van der Waals surface area contributed by atoms with Crippen LogP contribution < -0.4 is 10.6 Å². The van der Waals surface area contributed by atoms with Gasteiger partial charge >= 0.3 is 0 Å². The maximum atomic E-state index is 13.4. The van der Waals surface area contributed by atoms with E-state index in [-0.39, 0.29) is 24.3 Å². The Hall–Kier alpha value is -1.66. The van der Waals surface area contributed by atoms with E-state index in [9.17, 15) is 9.18 Å². The molecule has 1 saturated heterocycles. The molecule has 1 amide bonds. The second-order valence-electron chi connectivity index (χ2n) is 5.55. The molecule has 0 aromatic carbocycles. The van der Waals surface area contributed by atoms with Crippen molar-refractivity contribution in [2.45, 2.75) is 44.8 Å². The van der Waals surface area contributed by atoms with Gasteiger partial charge < -0.3 is 15.2 Å². The second-order valence-corrected chi connectivity index (χ2v) is 5.55. The number of amides is 1. The summed E-state index contributed by atoms with van der Waals surface area (Å²) in [5.41, 5.74) is 4.96. The molecule has 2 atom stereocenters. The lowest BCUT2D eigenvalue weighted by molar-refractivity contribution is -0.119. The maximum absolute atomic E-state index is 13.4. The largest absolute Gasteiger partial charge is 0.368 e. The van der Waals surface area contributed by atoms with Gasteiger partial charge in [0.2, 0.25) is 11.8 Å². The lowest BCUT2D eigenvalue weighted by atomic mass is 9.97. The molecule has 0 radical (unpaired) electrons. The SMILES string of the molecule is CC(C)(C)c1nc(N2C[C@H](F)C[C@H]2C(N)=O)no1. The first-order valence-electron chi connectivity index (χ1n) is 5.83. The lowest BCUT2D eigenvalue weighted by Crippen LogP contribution is -2.40. The fourth-order valence-corrected chi connectivity index (χ4v) is 1.91. The molecule has 7 heteroatoms. The average molecular weight is 256 g/mol. The van der Waals surface area contributed by atoms with Crippen molar-refractivity contribution >= 4 is 11.9 Å². The molecule has 0 bridgehead atoms. The van der Waals surface area contributed by atoms with Gasteiger partial charge in [0, 0.05) is 11.8 Å². The van der Waals surface area contributed by atoms with Crippen molar-refractivity contribution < 1.29 is 13.7 Å². The van der Waals surface area contributed by atoms with Gasteiger partial charge in [-0.15, -0.1) is 0 Å². The molecule has 0 aliphatic carbocycles. The number of nitrogens with zero attached hydrogens (tertiary/aromatic N) is 3. The predicted octanol–water partition coefficient (Wildman–Crippen LogP) is 0.769. The first kappa shape index (κ1) is 12.8. The number of alkyl halides is 1. The van der Waals surface area contributed by atoms with Crippen molar-refractivity contribution in [2.24, 2.45) is 5.73 Å². The number of anilines is 1. The third-order valence-corrected chi connectivity index (χ3v) is 2.89. The summed E-state index contributed by atoms with van der Waals surface area (Å²) in [6, 6.07) is -0.703. The van der Waals surface area contributed by atoms with Crippen LogP contribution in [0.25, 0.3) is 0 Å². The number of carbonyl (C=O) groups is 1. The minimum Gasteiger partial charge on any atom is -0.368 e. The number of nitrogens with two attached hydrogens (primary N) is 1. The number of aromatic nitrogens is 2. The summed E-state index contributed by atoms with van der Waals surface area (Å²) in [6.07, 6.45) is -1.02. The van der Waals surface area contributed by atoms with Gasteiger partial charge in [-0.2, -0.15) is 4.98 Å². The third kappa shape index (κ3) is 2.30. The van der Waals surface area contributed by atoms with Crippen LogP contribution in [-0.4, -0.2) is 34.8 Å². The van der Waals surface area contributed by atoms with Gasteiger partial charge in [-0.3, -0.25) is 4.79 Å². The van der Waals surface area contributed by atoms with Crippen molar-refractivity contribution in [1.29, 1.82) is 0 Å². The zero-order valence-electron chi connectivity index (χ0n) is 10.7. The summed E-state index contributed by atoms with van der Waals surface area (Å²) < 4.78 is 18.5. The zero-order chi connectivity index (χ0) is 13.5. The highest BCUT2D eigenvalue weighted by molar-refractivity contribution is 5.83. The number of hydrogen-bond acceptors (Lipinski definition) is 5. The van der Waals surface area contributed by atoms with E-state index < -0.39 is 18.1 Å². The van der Waals surface area contributed by atoms with Crippen molar-refractivity contribution in [3.05, 3.63) is 5.89 Å². The predicted molar refractivity (Wildman–Crippen MR) is 62.8 cm³/mol. The van der Waals surface area contributed by atoms with Gasteiger partial charge in [0.1, 0.15) is 12.2 Å². The standard InChI is InChI=1S/C11H17FN4O2/c1-11(2,3)9-14-10(15-18-9)16-5-6(12)4-7(16)8(13)17/h6-7H,4-5H2,1-3H3,(H2,13,17)/t6-,7+/m1/s1. The Morgan fingerprint density at radius 1 is 1.56 bits per heavy atom. The van der Waals surface area contributed by atoms with E-state index in [0.29, 0.717) is 5.89 Å². The summed E-state index contributed by atoms with van der Waals surface area (Å²) in [4.78, 5) is 16.9. The third-order valence-electron chi connectivity index (χ3n) is 2.89. The Morgan fingerprint density at radius 2 is 2.22 bits per heavy atom. The molecule has 0 spiro atoms. The summed E-state index contributed by atoms with van der Waals surface area (Å²) in [7, 11) is 0. The molecule has 0 saturated carbocycles. The summed E-state index contributed by atoms with van der Waals surface area (Å²) >= 11 is 0. The second kappa shape index (κ2) is 4.22. The molecule has 100 valence electrons. The van der Waals surface area contributed by atoms with Gasteiger partial charge in [-0.1, -0.05) is 20.8 Å². The Bertz CT molecular complexity index is 454. The minimum atomic E-state index is -1.10. The van der Waals surface area contributed by atoms with Gasteiger partial charge in [0.25, 0.3) is 5.95 Å². The molecule has 1 fully saturated rings. The van der Waals surface area contributed by atoms with Crippen LogP contribution in [0, 0.1) is 0 Å². The normalized spacial score (nSPS) is 24.6. The fourth-order valence-electron chi connectivity index (χ4n) is 1.91. The van der Waals surface area contributed by atoms with Crippen LogP contribution in [0.5, 0.6) is 0 Å². The lowest BCUT2D eigenvalue weighted by Gasteiger charge is -2.19. The van der Waals surface area contributed by atoms with Crippen molar-refractivity contribution in [3.8, 4) is 0 Å². The van der Waals surface area contributed by atoms with Crippen LogP contribution in [-0.2, 0) is 10.2 Å². The van der Waals surface area contributed by atoms with Gasteiger partial charge in [-0.05, 0) is 5.16 Å². The molecule has 1 aromatic heterocycles. The van der Waals surface area contributed by atoms with Crippen LogP contribution in [0.2, 0.25) is 0 Å². The summed E-state index contributed by atoms with van der Waals surface area (Å²) in [5, 5.41) is 3.80. The van der Waals surface area contributed by atoms with Crippen LogP contribution in [0.4, 0.5) is 10.3 Å². The number of rotatable bonds is 2. The molecular formula is C11H17FN4O2. The first-order chi connectivity index (χ1) is 8.29. The Morgan fingerprint density at radius 3 is 2.72 bits per heavy atom. The van der Waals surface area contributed by atoms with E-state index in [4.69, 9.17) is 10.3 Å². The Kier molecular flexibility index (Phi) is 3.00. The smallest absolute Gasteiger partial charge is 0.266 e. The van der Waals surface area contributed by atoms with Crippen LogP contribution in [0.15, 0.2) is 4.52 Å². The van der Waals surface area contributed by atoms with Gasteiger partial charge in [0.15, 0.2) is 0 Å². The minimum absolute atomic E-state index is 0.0662. The van der Waals surface area contributed by atoms with Crippen molar-refractivity contribution in [3.63, 3.8) is 0 Å². The van der Waals surface area contributed by atoms with E-state index in [1.54, 1.807) is 0 Å². The zero-order valence-corrected chi connectivity index (χ0v) is 10.7. The van der Waals surface area contributed by atoms with E-state index >= 15 is 0 Å². The van der Waals surface area contributed by atoms with E-state index in [0.717, 1.165) is 0 Å². The molecule has 2 N–H and O–H groups in total. The maximum Gasteiger partial charge on any atom is 0.266 e. The number of carbonyl (C=O) groups excluding carboxylic acids is 1. The van der Waals surface area contributed by atoms with Crippen LogP contribution >= 0.6 is 0 Å². The Balaban J connectivity index is 2.25. The Labute approximate surface area is 104 Å². The van der Waals surface area contributed by atoms with Crippen LogP contribution in [0.1, 0.15) is 33.1 Å². The molecule has 2 heterocycles. The van der Waals surface area contributed by atoms with E-state index in [1.165, 1.54) is 4.90 Å². The van der Waals surface area contributed by atoms with E-state index in [1.807, 2.05) is 20.8 Å². The molecule has 18 heavy (non-hydrogen) atoms. The molecule has 0 unspecified atom stereocenters. The van der Waals surface area contributed by atoms with Gasteiger partial charge in [0.05, 0.1) is 6.54 Å². The highest BCUT2D eigenvalue weighted by Crippen LogP contribution is 2.27. The molecule has 2 rings (SSSR count). The van der Waals surface area contributed by atoms with Crippen molar-refractivity contribution in [1.82, 2.24) is 10.1 Å². The molecule has 1 aliphatic heterocycles. The highest BCUT2D eigenvalue weighted by Gasteiger charge is 2.38. The van der Waals surface area contributed by atoms with Gasteiger partial charge in [-0.25, -0.2) is 4.39 Å². The highest BCUT2D eigenvalue weighted by atomic mass is 19.1. The molecule has 1 aliphatic rings. The quantitative estimate of drug-likeness (QED) is 0.844. The van der Waals surface area contributed by atoms with E-state index in [2.05, 4.69) is 10.1 Å². The van der Waals surface area contributed by atoms with Crippen LogP contribution in [0.3, 0.4) is 0 Å². The first-order valence-corrected chi connectivity index (χ1v) is 5.83. The fraction of sp³-hybridized carbons (Fsp3) is 0.727. The number of primary amides is 1. The summed E-state index contributed by atoms with van der Waals surface area (Å²) in [6.45, 7) is 5.85.